The molecule has 0 radical (unpaired) electrons. The molecule has 1 heterocycles. The van der Waals surface area contributed by atoms with Crippen molar-refractivity contribution in [1.82, 2.24) is 0 Å². The van der Waals surface area contributed by atoms with Crippen LogP contribution < -0.4 is 10.1 Å². The summed E-state index contributed by atoms with van der Waals surface area (Å²) in [7, 11) is 0. The zero-order chi connectivity index (χ0) is 18.5. The number of benzene rings is 1. The van der Waals surface area contributed by atoms with Crippen molar-refractivity contribution in [2.24, 2.45) is 0 Å². The first kappa shape index (κ1) is 18.0. The molecule has 0 bridgehead atoms. The summed E-state index contributed by atoms with van der Waals surface area (Å²) in [5.41, 5.74) is 2.59. The van der Waals surface area contributed by atoms with Gasteiger partial charge in [-0.2, -0.15) is 5.26 Å². The third-order valence-electron chi connectivity index (χ3n) is 4.00. The molecule has 26 heavy (non-hydrogen) atoms. The van der Waals surface area contributed by atoms with Crippen LogP contribution >= 0.6 is 11.3 Å². The van der Waals surface area contributed by atoms with Crippen LogP contribution in [-0.4, -0.2) is 25.1 Å². The lowest BCUT2D eigenvalue weighted by atomic mass is 10.1. The molecule has 1 N–H and O–H groups in total. The van der Waals surface area contributed by atoms with Gasteiger partial charge < -0.3 is 14.8 Å². The SMILES string of the molecule is Cc1cccc(OCC(=O)OCC(=O)Nc2sc3c(c2C#N)CCC3)c1. The van der Waals surface area contributed by atoms with E-state index in [9.17, 15) is 14.9 Å². The van der Waals surface area contributed by atoms with Crippen LogP contribution in [0.3, 0.4) is 0 Å². The third kappa shape index (κ3) is 4.21. The Balaban J connectivity index is 1.47. The first-order valence-electron chi connectivity index (χ1n) is 8.26. The van der Waals surface area contributed by atoms with Crippen LogP contribution in [0.4, 0.5) is 5.00 Å². The predicted octanol–water partition coefficient (Wildman–Crippen LogP) is 2.98. The molecule has 0 atom stereocenters. The average molecular weight is 370 g/mol. The third-order valence-corrected chi connectivity index (χ3v) is 5.20. The average Bonchev–Trinajstić information content (AvgIpc) is 3.18. The van der Waals surface area contributed by atoms with E-state index in [4.69, 9.17) is 9.47 Å². The van der Waals surface area contributed by atoms with Crippen molar-refractivity contribution in [3.8, 4) is 11.8 Å². The summed E-state index contributed by atoms with van der Waals surface area (Å²) in [6.45, 7) is 1.24. The number of fused-ring (bicyclic) bond motifs is 1. The highest BCUT2D eigenvalue weighted by atomic mass is 32.1. The number of carbonyl (C=O) groups excluding carboxylic acids is 2. The Morgan fingerprint density at radius 2 is 2.15 bits per heavy atom. The van der Waals surface area contributed by atoms with Crippen molar-refractivity contribution in [1.29, 1.82) is 5.26 Å². The lowest BCUT2D eigenvalue weighted by Crippen LogP contribution is -2.23. The smallest absolute Gasteiger partial charge is 0.344 e. The Bertz CT molecular complexity index is 882. The van der Waals surface area contributed by atoms with Gasteiger partial charge in [0, 0.05) is 4.88 Å². The number of nitrogens with one attached hydrogen (secondary N) is 1. The fourth-order valence-electron chi connectivity index (χ4n) is 2.81. The highest BCUT2D eigenvalue weighted by Crippen LogP contribution is 2.38. The standard InChI is InChI=1S/C19H18N2O4S/c1-12-4-2-5-13(8-12)24-11-18(23)25-10-17(22)21-19-15(9-20)14-6-3-7-16(14)26-19/h2,4-5,8H,3,6-7,10-11H2,1H3,(H,21,22). The van der Waals surface area contributed by atoms with Crippen molar-refractivity contribution in [2.45, 2.75) is 26.2 Å². The number of esters is 1. The Labute approximate surface area is 155 Å². The molecule has 1 aliphatic carbocycles. The second-order valence-electron chi connectivity index (χ2n) is 5.99. The summed E-state index contributed by atoms with van der Waals surface area (Å²) in [5.74, 6) is -0.528. The van der Waals surface area contributed by atoms with Gasteiger partial charge in [-0.1, -0.05) is 12.1 Å². The van der Waals surface area contributed by atoms with E-state index in [-0.39, 0.29) is 6.61 Å². The zero-order valence-electron chi connectivity index (χ0n) is 14.3. The maximum Gasteiger partial charge on any atom is 0.344 e. The van der Waals surface area contributed by atoms with Gasteiger partial charge in [-0.3, -0.25) is 4.79 Å². The predicted molar refractivity (Wildman–Crippen MR) is 97.3 cm³/mol. The van der Waals surface area contributed by atoms with Gasteiger partial charge in [0.2, 0.25) is 0 Å². The molecule has 0 aliphatic heterocycles. The van der Waals surface area contributed by atoms with Crippen LogP contribution in [0.25, 0.3) is 0 Å². The number of anilines is 1. The molecule has 2 aromatic rings. The molecule has 1 amide bonds. The fraction of sp³-hybridized carbons (Fsp3) is 0.316. The van der Waals surface area contributed by atoms with Gasteiger partial charge in [-0.25, -0.2) is 4.79 Å². The Kier molecular flexibility index (Phi) is 5.54. The van der Waals surface area contributed by atoms with Gasteiger partial charge in [0.1, 0.15) is 16.8 Å². The summed E-state index contributed by atoms with van der Waals surface area (Å²) in [4.78, 5) is 24.9. The lowest BCUT2D eigenvalue weighted by Gasteiger charge is -2.08. The lowest BCUT2D eigenvalue weighted by molar-refractivity contribution is -0.149. The van der Waals surface area contributed by atoms with Crippen LogP contribution in [0.1, 0.15) is 28.0 Å². The van der Waals surface area contributed by atoms with E-state index < -0.39 is 18.5 Å². The molecule has 1 aromatic carbocycles. The number of ether oxygens (including phenoxy) is 2. The summed E-state index contributed by atoms with van der Waals surface area (Å²) in [6.07, 6.45) is 2.86. The highest BCUT2D eigenvalue weighted by Gasteiger charge is 2.23. The number of hydrogen-bond acceptors (Lipinski definition) is 6. The number of nitriles is 1. The number of rotatable bonds is 6. The topological polar surface area (TPSA) is 88.4 Å². The molecular weight excluding hydrogens is 352 g/mol. The number of carbonyl (C=O) groups is 2. The van der Waals surface area contributed by atoms with E-state index in [2.05, 4.69) is 11.4 Å². The van der Waals surface area contributed by atoms with E-state index in [1.807, 2.05) is 19.1 Å². The molecule has 0 unspecified atom stereocenters. The molecule has 1 aliphatic rings. The zero-order valence-corrected chi connectivity index (χ0v) is 15.1. The number of thiophene rings is 1. The summed E-state index contributed by atoms with van der Waals surface area (Å²) in [6, 6.07) is 9.45. The number of amides is 1. The first-order valence-corrected chi connectivity index (χ1v) is 9.08. The van der Waals surface area contributed by atoms with E-state index >= 15 is 0 Å². The Hall–Kier alpha value is -2.85. The maximum absolute atomic E-state index is 12.0. The van der Waals surface area contributed by atoms with E-state index in [1.165, 1.54) is 11.3 Å². The van der Waals surface area contributed by atoms with Gasteiger partial charge in [0.15, 0.2) is 13.2 Å². The van der Waals surface area contributed by atoms with E-state index in [0.717, 1.165) is 35.3 Å². The molecule has 3 rings (SSSR count). The number of hydrogen-bond donors (Lipinski definition) is 1. The molecule has 1 aromatic heterocycles. The molecule has 0 saturated heterocycles. The molecule has 134 valence electrons. The summed E-state index contributed by atoms with van der Waals surface area (Å²) >= 11 is 1.43. The summed E-state index contributed by atoms with van der Waals surface area (Å²) < 4.78 is 10.3. The first-order chi connectivity index (χ1) is 12.6. The second kappa shape index (κ2) is 8.02. The fourth-order valence-corrected chi connectivity index (χ4v) is 4.06. The molecule has 0 saturated carbocycles. The van der Waals surface area contributed by atoms with Gasteiger partial charge >= 0.3 is 5.97 Å². The number of nitrogens with zero attached hydrogens (tertiary/aromatic N) is 1. The van der Waals surface area contributed by atoms with Crippen molar-refractivity contribution in [2.75, 3.05) is 18.5 Å². The normalized spacial score (nSPS) is 12.2. The Morgan fingerprint density at radius 1 is 1.31 bits per heavy atom. The van der Waals surface area contributed by atoms with Crippen LogP contribution in [0.15, 0.2) is 24.3 Å². The van der Waals surface area contributed by atoms with Gasteiger partial charge in [0.05, 0.1) is 5.56 Å². The van der Waals surface area contributed by atoms with Gasteiger partial charge in [0.25, 0.3) is 5.91 Å². The van der Waals surface area contributed by atoms with Crippen LogP contribution in [0.2, 0.25) is 0 Å². The minimum absolute atomic E-state index is 0.270. The van der Waals surface area contributed by atoms with Crippen molar-refractivity contribution in [3.63, 3.8) is 0 Å². The van der Waals surface area contributed by atoms with Crippen molar-refractivity contribution in [3.05, 3.63) is 45.8 Å². The second-order valence-corrected chi connectivity index (χ2v) is 7.09. The molecule has 0 spiro atoms. The minimum Gasteiger partial charge on any atom is -0.482 e. The largest absolute Gasteiger partial charge is 0.482 e. The van der Waals surface area contributed by atoms with Crippen LogP contribution in [0.5, 0.6) is 5.75 Å². The van der Waals surface area contributed by atoms with Gasteiger partial charge in [-0.05, 0) is 49.4 Å². The molecule has 0 fully saturated rings. The molecule has 7 heteroatoms. The monoisotopic (exact) mass is 370 g/mol. The van der Waals surface area contributed by atoms with Gasteiger partial charge in [-0.15, -0.1) is 11.3 Å². The number of aryl methyl sites for hydroxylation is 2. The van der Waals surface area contributed by atoms with E-state index in [1.54, 1.807) is 12.1 Å². The molecular formula is C19H18N2O4S. The van der Waals surface area contributed by atoms with Crippen LogP contribution in [0, 0.1) is 18.3 Å². The van der Waals surface area contributed by atoms with Crippen LogP contribution in [-0.2, 0) is 27.2 Å². The van der Waals surface area contributed by atoms with E-state index in [0.29, 0.717) is 16.3 Å². The molecule has 6 nitrogen and oxygen atoms in total. The minimum atomic E-state index is -0.629. The highest BCUT2D eigenvalue weighted by molar-refractivity contribution is 7.16. The summed E-state index contributed by atoms with van der Waals surface area (Å²) in [5, 5.41) is 12.5. The Morgan fingerprint density at radius 3 is 2.92 bits per heavy atom. The maximum atomic E-state index is 12.0. The van der Waals surface area contributed by atoms with Crippen molar-refractivity contribution >= 4 is 28.2 Å². The quantitative estimate of drug-likeness (QED) is 0.790. The van der Waals surface area contributed by atoms with Crippen molar-refractivity contribution < 1.29 is 19.1 Å².